The third kappa shape index (κ3) is 4.87. The van der Waals surface area contributed by atoms with E-state index >= 15 is 0 Å². The van der Waals surface area contributed by atoms with Crippen molar-refractivity contribution < 1.29 is 23.9 Å². The summed E-state index contributed by atoms with van der Waals surface area (Å²) in [4.78, 5) is 34.5. The average molecular weight is 488 g/mol. The van der Waals surface area contributed by atoms with Crippen molar-refractivity contribution >= 4 is 11.9 Å². The first-order valence-corrected chi connectivity index (χ1v) is 12.4. The summed E-state index contributed by atoms with van der Waals surface area (Å²) in [6.45, 7) is 3.00. The molecular weight excluding hydrogens is 456 g/mol. The van der Waals surface area contributed by atoms with Crippen LogP contribution in [0.25, 0.3) is 0 Å². The van der Waals surface area contributed by atoms with Gasteiger partial charge in [-0.15, -0.1) is 0 Å². The zero-order chi connectivity index (χ0) is 25.0. The lowest BCUT2D eigenvalue weighted by molar-refractivity contribution is -0.939. The van der Waals surface area contributed by atoms with E-state index in [1.807, 2.05) is 12.1 Å². The Morgan fingerprint density at radius 3 is 2.22 bits per heavy atom. The molecule has 8 heteroatoms. The van der Waals surface area contributed by atoms with Crippen molar-refractivity contribution in [3.05, 3.63) is 96.1 Å². The molecule has 3 aromatic rings. The Morgan fingerprint density at radius 1 is 1.00 bits per heavy atom. The molecule has 1 atom stereocenters. The topological polar surface area (TPSA) is 101 Å². The number of nitrogens with zero attached hydrogens (tertiary/aromatic N) is 3. The number of hydrogen-bond acceptors (Lipinski definition) is 6. The fourth-order valence-electron chi connectivity index (χ4n) is 5.53. The van der Waals surface area contributed by atoms with Crippen molar-refractivity contribution in [1.82, 2.24) is 15.3 Å². The lowest BCUT2D eigenvalue weighted by atomic mass is 9.82. The molecular formula is C28H31N4O4+. The summed E-state index contributed by atoms with van der Waals surface area (Å²) in [5.74, 6) is -0.497. The normalized spacial score (nSPS) is 23.1. The number of quaternary nitrogens is 1. The van der Waals surface area contributed by atoms with Crippen LogP contribution in [-0.4, -0.2) is 63.7 Å². The predicted octanol–water partition coefficient (Wildman–Crippen LogP) is 2.18. The zero-order valence-electron chi connectivity index (χ0n) is 20.1. The molecule has 3 fully saturated rings. The van der Waals surface area contributed by atoms with Crippen LogP contribution < -0.4 is 5.32 Å². The Labute approximate surface area is 210 Å². The van der Waals surface area contributed by atoms with Crippen LogP contribution in [0.2, 0.25) is 0 Å². The Balaban J connectivity index is 1.30. The molecule has 1 amide bonds. The number of esters is 1. The molecule has 3 saturated heterocycles. The van der Waals surface area contributed by atoms with Crippen LogP contribution in [0.15, 0.2) is 79.3 Å². The van der Waals surface area contributed by atoms with Gasteiger partial charge in [-0.25, -0.2) is 14.8 Å². The van der Waals surface area contributed by atoms with Gasteiger partial charge in [-0.2, -0.15) is 0 Å². The number of nitrogens with one attached hydrogen (secondary N) is 1. The van der Waals surface area contributed by atoms with E-state index in [-0.39, 0.29) is 17.9 Å². The van der Waals surface area contributed by atoms with E-state index in [4.69, 9.17) is 4.74 Å². The quantitative estimate of drug-likeness (QED) is 0.373. The van der Waals surface area contributed by atoms with Gasteiger partial charge in [-0.05, 0) is 17.2 Å². The van der Waals surface area contributed by atoms with E-state index in [2.05, 4.69) is 15.3 Å². The summed E-state index contributed by atoms with van der Waals surface area (Å²) in [5.41, 5.74) is -0.219. The van der Waals surface area contributed by atoms with E-state index < -0.39 is 11.6 Å². The van der Waals surface area contributed by atoms with Crippen LogP contribution in [0.3, 0.4) is 0 Å². The molecule has 0 spiro atoms. The Bertz CT molecular complexity index is 1140. The number of fused-ring (bicyclic) bond motifs is 3. The minimum atomic E-state index is -1.91. The molecule has 2 N–H and O–H groups in total. The fraction of sp³-hybridized carbons (Fsp3) is 0.357. The molecule has 36 heavy (non-hydrogen) atoms. The number of carbonyl (C=O) groups is 2. The molecule has 2 bridgehead atoms. The standard InChI is InChI=1S/C28H30N4O4/c33-26(30-17-24-11-14-29-20-31-24)19-32-15-12-21(13-16-32)25(18-32)36-27(34)28(35,22-7-3-1-4-8-22)23-9-5-2-6-10-23/h1-11,14,20-21,25,35H,12-13,15-19H2/p+1. The summed E-state index contributed by atoms with van der Waals surface area (Å²) < 4.78 is 6.66. The molecule has 3 aliphatic rings. The van der Waals surface area contributed by atoms with Crippen LogP contribution in [0.1, 0.15) is 29.7 Å². The minimum absolute atomic E-state index is 0.0517. The van der Waals surface area contributed by atoms with Gasteiger partial charge in [0.05, 0.1) is 25.3 Å². The first kappa shape index (κ1) is 24.1. The molecule has 0 radical (unpaired) electrons. The molecule has 0 saturated carbocycles. The fourth-order valence-corrected chi connectivity index (χ4v) is 5.53. The highest BCUT2D eigenvalue weighted by Gasteiger charge is 2.51. The summed E-state index contributed by atoms with van der Waals surface area (Å²) in [6, 6.07) is 19.6. The molecule has 0 aliphatic carbocycles. The van der Waals surface area contributed by atoms with Crippen LogP contribution in [0.4, 0.5) is 0 Å². The minimum Gasteiger partial charge on any atom is -0.453 e. The maximum absolute atomic E-state index is 13.6. The number of ether oxygens (including phenoxy) is 1. The third-order valence-corrected chi connectivity index (χ3v) is 7.57. The largest absolute Gasteiger partial charge is 0.453 e. The van der Waals surface area contributed by atoms with Crippen molar-refractivity contribution in [2.24, 2.45) is 5.92 Å². The van der Waals surface area contributed by atoms with Crippen molar-refractivity contribution in [3.63, 3.8) is 0 Å². The van der Waals surface area contributed by atoms with Crippen LogP contribution in [0.5, 0.6) is 0 Å². The van der Waals surface area contributed by atoms with Crippen molar-refractivity contribution in [2.75, 3.05) is 26.2 Å². The van der Waals surface area contributed by atoms with E-state index in [0.29, 0.717) is 35.2 Å². The van der Waals surface area contributed by atoms with Gasteiger partial charge >= 0.3 is 5.97 Å². The first-order chi connectivity index (χ1) is 17.5. The summed E-state index contributed by atoms with van der Waals surface area (Å²) in [5, 5.41) is 14.7. The van der Waals surface area contributed by atoms with Crippen LogP contribution in [-0.2, 0) is 26.5 Å². The SMILES string of the molecule is O=C(C[N+]12CCC(CC1)C(OC(=O)C(O)(c1ccccc1)c1ccccc1)C2)NCc1ccncn1. The molecule has 4 heterocycles. The highest BCUT2D eigenvalue weighted by Crippen LogP contribution is 2.38. The van der Waals surface area contributed by atoms with Crippen LogP contribution >= 0.6 is 0 Å². The number of amides is 1. The molecule has 6 rings (SSSR count). The van der Waals surface area contributed by atoms with Gasteiger partial charge in [0, 0.05) is 25.0 Å². The van der Waals surface area contributed by atoms with Crippen molar-refractivity contribution in [1.29, 1.82) is 0 Å². The second-order valence-electron chi connectivity index (χ2n) is 9.83. The third-order valence-electron chi connectivity index (χ3n) is 7.57. The molecule has 1 aromatic heterocycles. The second-order valence-corrected chi connectivity index (χ2v) is 9.83. The van der Waals surface area contributed by atoms with E-state index in [0.717, 1.165) is 31.6 Å². The molecule has 1 unspecified atom stereocenters. The summed E-state index contributed by atoms with van der Waals surface area (Å²) in [7, 11) is 0. The van der Waals surface area contributed by atoms with Gasteiger partial charge in [0.1, 0.15) is 12.9 Å². The summed E-state index contributed by atoms with van der Waals surface area (Å²) in [6.07, 6.45) is 4.52. The van der Waals surface area contributed by atoms with Gasteiger partial charge < -0.3 is 19.6 Å². The average Bonchev–Trinajstić information content (AvgIpc) is 2.93. The molecule has 3 aliphatic heterocycles. The Kier molecular flexibility index (Phi) is 6.80. The van der Waals surface area contributed by atoms with E-state index in [9.17, 15) is 14.7 Å². The zero-order valence-corrected chi connectivity index (χ0v) is 20.1. The first-order valence-electron chi connectivity index (χ1n) is 12.4. The van der Waals surface area contributed by atoms with Crippen molar-refractivity contribution in [2.45, 2.75) is 31.1 Å². The Hall–Kier alpha value is -3.62. The highest BCUT2D eigenvalue weighted by atomic mass is 16.6. The number of aliphatic hydroxyl groups is 1. The molecule has 2 aromatic carbocycles. The highest BCUT2D eigenvalue weighted by molar-refractivity contribution is 5.85. The maximum Gasteiger partial charge on any atom is 0.348 e. The number of hydrogen-bond donors (Lipinski definition) is 2. The maximum atomic E-state index is 13.6. The van der Waals surface area contributed by atoms with Gasteiger partial charge in [0.25, 0.3) is 5.91 Å². The van der Waals surface area contributed by atoms with E-state index in [1.165, 1.54) is 6.33 Å². The van der Waals surface area contributed by atoms with Gasteiger partial charge in [0.15, 0.2) is 12.6 Å². The van der Waals surface area contributed by atoms with Crippen molar-refractivity contribution in [3.8, 4) is 0 Å². The number of carbonyl (C=O) groups excluding carboxylic acids is 2. The molecule has 186 valence electrons. The predicted molar refractivity (Wildman–Crippen MR) is 132 cm³/mol. The lowest BCUT2D eigenvalue weighted by Gasteiger charge is -2.51. The monoisotopic (exact) mass is 487 g/mol. The molecule has 8 nitrogen and oxygen atoms in total. The number of piperidine rings is 3. The van der Waals surface area contributed by atoms with Gasteiger partial charge in [-0.3, -0.25) is 4.79 Å². The summed E-state index contributed by atoms with van der Waals surface area (Å²) >= 11 is 0. The van der Waals surface area contributed by atoms with E-state index in [1.54, 1.807) is 60.8 Å². The van der Waals surface area contributed by atoms with Gasteiger partial charge in [0.2, 0.25) is 5.60 Å². The number of aromatic nitrogens is 2. The number of rotatable bonds is 8. The van der Waals surface area contributed by atoms with Crippen LogP contribution in [0, 0.1) is 5.92 Å². The van der Waals surface area contributed by atoms with Gasteiger partial charge in [-0.1, -0.05) is 60.7 Å². The smallest absolute Gasteiger partial charge is 0.348 e. The Morgan fingerprint density at radius 2 is 1.64 bits per heavy atom. The lowest BCUT2D eigenvalue weighted by Crippen LogP contribution is -2.66. The number of benzene rings is 2. The second kappa shape index (κ2) is 10.2.